The largest absolute Gasteiger partial charge is 0.374 e. The molecule has 0 radical (unpaired) electrons. The van der Waals surface area contributed by atoms with Gasteiger partial charge in [0.25, 0.3) is 0 Å². The summed E-state index contributed by atoms with van der Waals surface area (Å²) in [4.78, 5) is 7.35. The van der Waals surface area contributed by atoms with Crippen molar-refractivity contribution >= 4 is 51.3 Å². The molecule has 0 fully saturated rings. The molecule has 64 heavy (non-hydrogen) atoms. The fraction of sp³-hybridized carbons (Fsp3) is 0.100. The summed E-state index contributed by atoms with van der Waals surface area (Å²) in [5.41, 5.74) is 19.7. The average Bonchev–Trinajstić information content (AvgIpc) is 3.68. The smallest absolute Gasteiger partial charge is 0.329 e. The van der Waals surface area contributed by atoms with Crippen LogP contribution >= 0.6 is 0 Å². The van der Waals surface area contributed by atoms with Crippen LogP contribution in [0.1, 0.15) is 38.2 Å². The predicted octanol–water partition coefficient (Wildman–Crippen LogP) is 14.1. The van der Waals surface area contributed by atoms with E-state index < -0.39 is 0 Å². The normalized spacial score (nSPS) is 16.1. The number of para-hydroxylation sites is 2. The maximum absolute atomic E-state index is 5.05. The van der Waals surface area contributed by atoms with Gasteiger partial charge in [0, 0.05) is 29.0 Å². The van der Waals surface area contributed by atoms with Crippen LogP contribution in [0.5, 0.6) is 0 Å². The fourth-order valence-corrected chi connectivity index (χ4v) is 10.3. The van der Waals surface area contributed by atoms with Crippen LogP contribution in [0.15, 0.2) is 247 Å². The molecule has 4 heteroatoms. The second-order valence-electron chi connectivity index (χ2n) is 17.1. The van der Waals surface area contributed by atoms with Crippen molar-refractivity contribution in [2.45, 2.75) is 39.0 Å². The Kier molecular flexibility index (Phi) is 10.4. The second-order valence-corrected chi connectivity index (χ2v) is 17.1. The van der Waals surface area contributed by atoms with Crippen LogP contribution in [-0.2, 0) is 6.42 Å². The zero-order valence-electron chi connectivity index (χ0n) is 36.4. The van der Waals surface area contributed by atoms with Gasteiger partial charge in [0.1, 0.15) is 0 Å². The summed E-state index contributed by atoms with van der Waals surface area (Å²) < 4.78 is 0. The first-order chi connectivity index (χ1) is 31.6. The van der Waals surface area contributed by atoms with Crippen LogP contribution < -0.4 is 25.5 Å². The summed E-state index contributed by atoms with van der Waals surface area (Å²) in [6.45, 7) is 7.10. The van der Waals surface area contributed by atoms with Crippen molar-refractivity contribution in [1.82, 2.24) is 0 Å². The summed E-state index contributed by atoms with van der Waals surface area (Å²) in [6.07, 6.45) is 23.5. The highest BCUT2D eigenvalue weighted by molar-refractivity contribution is 6.93. The SMILES string of the molecule is C=C1/C(=C\C)N(C2=CC=C(C3=CCCC=C3)CC2)c2ccc(-c3ccccc3)cc2N1B1c2cc3ccccc3cc2-c2cccc(C/C=C/N(c3ccccc3)c3ccccc3)c21. The van der Waals surface area contributed by atoms with Gasteiger partial charge in [-0.3, -0.25) is 0 Å². The molecule has 2 aliphatic heterocycles. The molecule has 0 atom stereocenters. The monoisotopic (exact) mass is 823 g/mol. The zero-order chi connectivity index (χ0) is 43.0. The third-order valence-electron chi connectivity index (χ3n) is 13.4. The molecule has 0 N–H and O–H groups in total. The van der Waals surface area contributed by atoms with Crippen molar-refractivity contribution in [1.29, 1.82) is 0 Å². The van der Waals surface area contributed by atoms with Crippen LogP contribution in [0.2, 0.25) is 0 Å². The van der Waals surface area contributed by atoms with E-state index in [1.54, 1.807) is 0 Å². The van der Waals surface area contributed by atoms with Gasteiger partial charge in [0.15, 0.2) is 0 Å². The summed E-state index contributed by atoms with van der Waals surface area (Å²) in [5, 5.41) is 2.49. The number of allylic oxidation sites excluding steroid dienone is 10. The quantitative estimate of drug-likeness (QED) is 0.134. The first-order valence-corrected chi connectivity index (χ1v) is 22.8. The van der Waals surface area contributed by atoms with Gasteiger partial charge in [-0.15, -0.1) is 0 Å². The molecule has 0 bridgehead atoms. The highest BCUT2D eigenvalue weighted by Gasteiger charge is 2.45. The summed E-state index contributed by atoms with van der Waals surface area (Å²) in [7, 11) is 0. The van der Waals surface area contributed by atoms with E-state index in [1.165, 1.54) is 72.0 Å². The first-order valence-electron chi connectivity index (χ1n) is 22.8. The van der Waals surface area contributed by atoms with Gasteiger partial charge in [0.05, 0.1) is 17.1 Å². The number of anilines is 4. The minimum absolute atomic E-state index is 0.121. The van der Waals surface area contributed by atoms with Gasteiger partial charge in [-0.25, -0.2) is 0 Å². The second kappa shape index (κ2) is 17.0. The molecule has 7 aromatic rings. The number of fused-ring (bicyclic) bond motifs is 5. The minimum atomic E-state index is -0.121. The van der Waals surface area contributed by atoms with Crippen molar-refractivity contribution in [2.75, 3.05) is 14.6 Å². The molecular weight excluding hydrogens is 773 g/mol. The summed E-state index contributed by atoms with van der Waals surface area (Å²) in [6, 6.07) is 59.7. The maximum Gasteiger partial charge on any atom is 0.329 e. The Bertz CT molecular complexity index is 3080. The lowest BCUT2D eigenvalue weighted by Crippen LogP contribution is -2.57. The molecule has 7 aromatic carbocycles. The van der Waals surface area contributed by atoms with E-state index in [2.05, 4.69) is 234 Å². The fourth-order valence-electron chi connectivity index (χ4n) is 10.3. The van der Waals surface area contributed by atoms with Gasteiger partial charge in [-0.1, -0.05) is 164 Å². The molecule has 11 rings (SSSR count). The average molecular weight is 824 g/mol. The number of nitrogens with zero attached hydrogens (tertiary/aromatic N) is 3. The van der Waals surface area contributed by atoms with E-state index in [0.29, 0.717) is 0 Å². The first kappa shape index (κ1) is 39.3. The third kappa shape index (κ3) is 7.06. The molecule has 2 heterocycles. The molecule has 0 spiro atoms. The van der Waals surface area contributed by atoms with Crippen LogP contribution in [0.3, 0.4) is 0 Å². The van der Waals surface area contributed by atoms with Gasteiger partial charge < -0.3 is 14.6 Å². The molecular formula is C60H50BN3. The van der Waals surface area contributed by atoms with Gasteiger partial charge in [-0.05, 0) is 148 Å². The van der Waals surface area contributed by atoms with Crippen LogP contribution in [-0.4, -0.2) is 6.85 Å². The van der Waals surface area contributed by atoms with E-state index in [4.69, 9.17) is 6.58 Å². The Hall–Kier alpha value is -7.56. The summed E-state index contributed by atoms with van der Waals surface area (Å²) in [5.74, 6) is 0. The Morgan fingerprint density at radius 2 is 1.38 bits per heavy atom. The lowest BCUT2D eigenvalue weighted by atomic mass is 9.49. The van der Waals surface area contributed by atoms with Gasteiger partial charge in [0.2, 0.25) is 0 Å². The number of hydrogen-bond donors (Lipinski definition) is 0. The zero-order valence-corrected chi connectivity index (χ0v) is 36.4. The summed E-state index contributed by atoms with van der Waals surface area (Å²) >= 11 is 0. The van der Waals surface area contributed by atoms with Gasteiger partial charge >= 0.3 is 6.85 Å². The molecule has 308 valence electrons. The molecule has 0 amide bonds. The Balaban J connectivity index is 1.08. The number of rotatable bonds is 9. The molecule has 0 unspecified atom stereocenters. The van der Waals surface area contributed by atoms with Crippen molar-refractivity contribution < 1.29 is 0 Å². The molecule has 0 aromatic heterocycles. The third-order valence-corrected chi connectivity index (χ3v) is 13.4. The van der Waals surface area contributed by atoms with Crippen molar-refractivity contribution in [3.05, 3.63) is 253 Å². The Morgan fingerprint density at radius 1 is 0.656 bits per heavy atom. The van der Waals surface area contributed by atoms with E-state index in [1.807, 2.05) is 0 Å². The number of hydrogen-bond acceptors (Lipinski definition) is 3. The highest BCUT2D eigenvalue weighted by Crippen LogP contribution is 2.48. The topological polar surface area (TPSA) is 9.72 Å². The van der Waals surface area contributed by atoms with Crippen LogP contribution in [0.4, 0.5) is 22.7 Å². The Labute approximate surface area is 378 Å². The standard InChI is InChI=1S/C60H50BN3/c1-3-57-43(2)64(59-42-50(45-22-10-5-11-23-45)35-38-58(59)63(57)53-36-33-46(34-37-53)44-20-8-4-9-21-44)61-56-41-49-25-17-16-24-48(49)40-55(56)54-32-18-26-47(60(54)61)27-19-39-62(51-28-12-6-13-29-51)52-30-14-7-15-31-52/h3,5-8,10-26,28-33,35-36,38-42H,2,4,9,27,34,37H2,1H3/b39-19+,57-3+. The molecule has 4 aliphatic rings. The minimum Gasteiger partial charge on any atom is -0.374 e. The Morgan fingerprint density at radius 3 is 2.06 bits per heavy atom. The van der Waals surface area contributed by atoms with E-state index in [9.17, 15) is 0 Å². The van der Waals surface area contributed by atoms with E-state index >= 15 is 0 Å². The molecule has 3 nitrogen and oxygen atoms in total. The number of benzene rings is 7. The predicted molar refractivity (Wildman–Crippen MR) is 274 cm³/mol. The van der Waals surface area contributed by atoms with Crippen molar-refractivity contribution in [2.24, 2.45) is 0 Å². The van der Waals surface area contributed by atoms with Crippen LogP contribution in [0, 0.1) is 0 Å². The van der Waals surface area contributed by atoms with Gasteiger partial charge in [-0.2, -0.15) is 0 Å². The lowest BCUT2D eigenvalue weighted by molar-refractivity contribution is 0.853. The molecule has 0 saturated carbocycles. The highest BCUT2D eigenvalue weighted by atomic mass is 15.3. The van der Waals surface area contributed by atoms with Crippen LogP contribution in [0.25, 0.3) is 33.0 Å². The molecule has 2 aliphatic carbocycles. The molecule has 0 saturated heterocycles. The van der Waals surface area contributed by atoms with E-state index in [-0.39, 0.29) is 6.85 Å². The maximum atomic E-state index is 5.05. The lowest BCUT2D eigenvalue weighted by Gasteiger charge is -2.46. The van der Waals surface area contributed by atoms with Crippen molar-refractivity contribution in [3.8, 4) is 22.3 Å². The van der Waals surface area contributed by atoms with E-state index in [0.717, 1.165) is 60.6 Å². The van der Waals surface area contributed by atoms with Crippen molar-refractivity contribution in [3.63, 3.8) is 0 Å².